The highest BCUT2D eigenvalue weighted by atomic mass is 16.6. The third-order valence-electron chi connectivity index (χ3n) is 3.23. The van der Waals surface area contributed by atoms with E-state index in [1.54, 1.807) is 11.0 Å². The molecule has 1 saturated heterocycles. The van der Waals surface area contributed by atoms with Crippen LogP contribution in [0.25, 0.3) is 0 Å². The summed E-state index contributed by atoms with van der Waals surface area (Å²) in [5, 5.41) is 19.9. The van der Waals surface area contributed by atoms with E-state index in [9.17, 15) is 14.9 Å². The summed E-state index contributed by atoms with van der Waals surface area (Å²) in [5.74, 6) is -0.742. The number of carbonyl (C=O) groups is 1. The summed E-state index contributed by atoms with van der Waals surface area (Å²) in [5.41, 5.74) is 0.504. The fourth-order valence-electron chi connectivity index (χ4n) is 2.33. The van der Waals surface area contributed by atoms with Crippen LogP contribution in [0.2, 0.25) is 0 Å². The molecule has 1 aliphatic heterocycles. The van der Waals surface area contributed by atoms with Gasteiger partial charge in [0.25, 0.3) is 0 Å². The third kappa shape index (κ3) is 2.44. The predicted octanol–water partition coefficient (Wildman–Crippen LogP) is 1.66. The number of hydrogen-bond donors (Lipinski definition) is 1. The van der Waals surface area contributed by atoms with Crippen LogP contribution in [0.4, 0.5) is 11.4 Å². The normalized spacial score (nSPS) is 18.4. The quantitative estimate of drug-likeness (QED) is 0.658. The number of methoxy groups -OCH3 is 1. The van der Waals surface area contributed by atoms with Crippen molar-refractivity contribution in [2.45, 2.75) is 18.9 Å². The Hall–Kier alpha value is -2.31. The molecule has 102 valence electrons. The van der Waals surface area contributed by atoms with Crippen molar-refractivity contribution in [3.63, 3.8) is 0 Å². The van der Waals surface area contributed by atoms with E-state index in [4.69, 9.17) is 9.84 Å². The molecular formula is C12H14N2O5. The zero-order valence-electron chi connectivity index (χ0n) is 10.4. The van der Waals surface area contributed by atoms with Crippen LogP contribution in [0.3, 0.4) is 0 Å². The number of hydrogen-bond acceptors (Lipinski definition) is 5. The lowest BCUT2D eigenvalue weighted by Gasteiger charge is -2.23. The van der Waals surface area contributed by atoms with Crippen LogP contribution in [0.1, 0.15) is 12.8 Å². The Morgan fingerprint density at radius 2 is 2.32 bits per heavy atom. The molecular weight excluding hydrogens is 252 g/mol. The monoisotopic (exact) mass is 266 g/mol. The van der Waals surface area contributed by atoms with Gasteiger partial charge in [0.15, 0.2) is 5.75 Å². The maximum Gasteiger partial charge on any atom is 0.326 e. The minimum Gasteiger partial charge on any atom is -0.490 e. The number of carboxylic acids is 1. The van der Waals surface area contributed by atoms with Gasteiger partial charge in [0.1, 0.15) is 6.04 Å². The molecule has 0 bridgehead atoms. The summed E-state index contributed by atoms with van der Waals surface area (Å²) < 4.78 is 4.99. The molecule has 19 heavy (non-hydrogen) atoms. The second-order valence-corrected chi connectivity index (χ2v) is 4.30. The minimum atomic E-state index is -0.880. The molecule has 0 radical (unpaired) electrons. The third-order valence-corrected chi connectivity index (χ3v) is 3.23. The molecule has 7 heteroatoms. The van der Waals surface area contributed by atoms with E-state index in [1.165, 1.54) is 19.2 Å². The maximum absolute atomic E-state index is 11.1. The van der Waals surface area contributed by atoms with Crippen molar-refractivity contribution in [1.29, 1.82) is 0 Å². The Morgan fingerprint density at radius 3 is 2.89 bits per heavy atom. The number of nitrogens with zero attached hydrogens (tertiary/aromatic N) is 2. The smallest absolute Gasteiger partial charge is 0.326 e. The van der Waals surface area contributed by atoms with Crippen LogP contribution in [-0.2, 0) is 4.79 Å². The van der Waals surface area contributed by atoms with Crippen LogP contribution < -0.4 is 9.64 Å². The number of carboxylic acid groups (broad SMARTS) is 1. The molecule has 0 spiro atoms. The Bertz CT molecular complexity index is 517. The van der Waals surface area contributed by atoms with Gasteiger partial charge in [0, 0.05) is 24.4 Å². The number of nitro groups is 1. The first kappa shape index (κ1) is 13.1. The van der Waals surface area contributed by atoms with Gasteiger partial charge in [-0.3, -0.25) is 10.1 Å². The van der Waals surface area contributed by atoms with Gasteiger partial charge in [0.2, 0.25) is 0 Å². The van der Waals surface area contributed by atoms with E-state index in [1.807, 2.05) is 0 Å². The molecule has 1 aliphatic rings. The lowest BCUT2D eigenvalue weighted by molar-refractivity contribution is -0.385. The lowest BCUT2D eigenvalue weighted by atomic mass is 10.2. The van der Waals surface area contributed by atoms with Crippen LogP contribution in [0.15, 0.2) is 18.2 Å². The van der Waals surface area contributed by atoms with Crippen LogP contribution in [-0.4, -0.2) is 35.7 Å². The topological polar surface area (TPSA) is 92.9 Å². The molecule has 2 rings (SSSR count). The Labute approximate surface area is 109 Å². The molecule has 7 nitrogen and oxygen atoms in total. The number of nitro benzene ring substituents is 1. The molecule has 0 saturated carbocycles. The van der Waals surface area contributed by atoms with Crippen molar-refractivity contribution in [1.82, 2.24) is 0 Å². The van der Waals surface area contributed by atoms with E-state index in [0.717, 1.165) is 6.42 Å². The second-order valence-electron chi connectivity index (χ2n) is 4.30. The molecule has 1 atom stereocenters. The highest BCUT2D eigenvalue weighted by Crippen LogP contribution is 2.34. The van der Waals surface area contributed by atoms with Gasteiger partial charge in [-0.2, -0.15) is 0 Å². The molecule has 1 heterocycles. The Morgan fingerprint density at radius 1 is 1.58 bits per heavy atom. The SMILES string of the molecule is COc1cc(N2CCCC2C(=O)O)ccc1[N+](=O)[O-]. The average molecular weight is 266 g/mol. The summed E-state index contributed by atoms with van der Waals surface area (Å²) >= 11 is 0. The predicted molar refractivity (Wildman–Crippen MR) is 67.7 cm³/mol. The average Bonchev–Trinajstić information content (AvgIpc) is 2.87. The molecule has 0 aromatic heterocycles. The van der Waals surface area contributed by atoms with Gasteiger partial charge < -0.3 is 14.7 Å². The first-order chi connectivity index (χ1) is 9.04. The molecule has 0 aliphatic carbocycles. The number of ether oxygens (including phenoxy) is 1. The molecule has 1 fully saturated rings. The zero-order chi connectivity index (χ0) is 14.0. The number of rotatable bonds is 4. The molecule has 1 unspecified atom stereocenters. The standard InChI is InChI=1S/C12H14N2O5/c1-19-11-7-8(4-5-9(11)14(17)18)13-6-2-3-10(13)12(15)16/h4-5,7,10H,2-3,6H2,1H3,(H,15,16). The lowest BCUT2D eigenvalue weighted by Crippen LogP contribution is -2.35. The minimum absolute atomic E-state index is 0.127. The first-order valence-corrected chi connectivity index (χ1v) is 5.86. The van der Waals surface area contributed by atoms with Crippen molar-refractivity contribution in [3.05, 3.63) is 28.3 Å². The molecule has 0 amide bonds. The fourth-order valence-corrected chi connectivity index (χ4v) is 2.33. The summed E-state index contributed by atoms with van der Waals surface area (Å²) in [7, 11) is 1.35. The van der Waals surface area contributed by atoms with Crippen molar-refractivity contribution < 1.29 is 19.6 Å². The van der Waals surface area contributed by atoms with Gasteiger partial charge >= 0.3 is 11.7 Å². The van der Waals surface area contributed by atoms with E-state index in [0.29, 0.717) is 18.7 Å². The van der Waals surface area contributed by atoms with Crippen LogP contribution in [0, 0.1) is 10.1 Å². The van der Waals surface area contributed by atoms with E-state index in [-0.39, 0.29) is 11.4 Å². The van der Waals surface area contributed by atoms with Crippen molar-refractivity contribution in [2.24, 2.45) is 0 Å². The van der Waals surface area contributed by atoms with Crippen LogP contribution >= 0.6 is 0 Å². The van der Waals surface area contributed by atoms with E-state index in [2.05, 4.69) is 0 Å². The Kier molecular flexibility index (Phi) is 3.55. The zero-order valence-corrected chi connectivity index (χ0v) is 10.4. The maximum atomic E-state index is 11.1. The molecule has 1 aromatic rings. The number of aliphatic carboxylic acids is 1. The van der Waals surface area contributed by atoms with Crippen molar-refractivity contribution >= 4 is 17.3 Å². The van der Waals surface area contributed by atoms with Gasteiger partial charge in [-0.1, -0.05) is 0 Å². The summed E-state index contributed by atoms with van der Waals surface area (Å²) in [6, 6.07) is 3.83. The second kappa shape index (κ2) is 5.13. The number of benzene rings is 1. The van der Waals surface area contributed by atoms with Gasteiger partial charge in [-0.15, -0.1) is 0 Å². The molecule has 1 N–H and O–H groups in total. The fraction of sp³-hybridized carbons (Fsp3) is 0.417. The highest BCUT2D eigenvalue weighted by molar-refractivity contribution is 5.79. The van der Waals surface area contributed by atoms with Crippen molar-refractivity contribution in [2.75, 3.05) is 18.6 Å². The van der Waals surface area contributed by atoms with Crippen LogP contribution in [0.5, 0.6) is 5.75 Å². The van der Waals surface area contributed by atoms with Crippen molar-refractivity contribution in [3.8, 4) is 5.75 Å². The molecule has 1 aromatic carbocycles. The summed E-state index contributed by atoms with van der Waals surface area (Å²) in [6.45, 7) is 0.623. The highest BCUT2D eigenvalue weighted by Gasteiger charge is 2.31. The largest absolute Gasteiger partial charge is 0.490 e. The van der Waals surface area contributed by atoms with Gasteiger partial charge in [0.05, 0.1) is 12.0 Å². The van der Waals surface area contributed by atoms with Gasteiger partial charge in [-0.05, 0) is 18.9 Å². The summed E-state index contributed by atoms with van der Waals surface area (Å²) in [6.07, 6.45) is 1.37. The van der Waals surface area contributed by atoms with Gasteiger partial charge in [-0.25, -0.2) is 4.79 Å². The summed E-state index contributed by atoms with van der Waals surface area (Å²) in [4.78, 5) is 23.1. The van der Waals surface area contributed by atoms with E-state index < -0.39 is 16.9 Å². The Balaban J connectivity index is 2.35. The van der Waals surface area contributed by atoms with E-state index >= 15 is 0 Å². The number of anilines is 1. The first-order valence-electron chi connectivity index (χ1n) is 5.86.